The van der Waals surface area contributed by atoms with E-state index in [1.54, 1.807) is 0 Å². The molecule has 0 N–H and O–H groups in total. The summed E-state index contributed by atoms with van der Waals surface area (Å²) in [5, 5.41) is -0.0513. The van der Waals surface area contributed by atoms with E-state index in [9.17, 15) is 0 Å². The second kappa shape index (κ2) is 5.19. The Labute approximate surface area is 137 Å². The number of nitrogens with zero attached hydrogens (tertiary/aromatic N) is 6. The van der Waals surface area contributed by atoms with E-state index < -0.39 is 8.07 Å². The molecule has 3 heterocycles. The van der Waals surface area contributed by atoms with Crippen molar-refractivity contribution in [2.75, 3.05) is 0 Å². The minimum Gasteiger partial charge on any atom is -0.341 e. The van der Waals surface area contributed by atoms with Crippen LogP contribution in [0, 0.1) is 0 Å². The van der Waals surface area contributed by atoms with Gasteiger partial charge >= 0.3 is 0 Å². The smallest absolute Gasteiger partial charge is 0.282 e. The molecule has 122 valence electrons. The van der Waals surface area contributed by atoms with Gasteiger partial charge in [-0.1, -0.05) is 20.8 Å². The van der Waals surface area contributed by atoms with Crippen LogP contribution in [-0.2, 0) is 21.1 Å². The van der Waals surface area contributed by atoms with Gasteiger partial charge in [0.1, 0.15) is 16.3 Å². The van der Waals surface area contributed by atoms with Gasteiger partial charge in [-0.3, -0.25) is 0 Å². The summed E-state index contributed by atoms with van der Waals surface area (Å²) in [6.07, 6.45) is 11.6. The van der Waals surface area contributed by atoms with Crippen molar-refractivity contribution in [1.82, 2.24) is 28.7 Å². The molecule has 0 radical (unpaired) electrons. The molecule has 0 aliphatic carbocycles. The predicted molar refractivity (Wildman–Crippen MR) is 94.0 cm³/mol. The maximum Gasteiger partial charge on any atom is 0.282 e. The minimum atomic E-state index is -2.55. The third-order valence-corrected chi connectivity index (χ3v) is 10.3. The molecule has 0 aliphatic heterocycles. The highest BCUT2D eigenvalue weighted by Gasteiger charge is 2.58. The van der Waals surface area contributed by atoms with Gasteiger partial charge < -0.3 is 13.7 Å². The number of rotatable bonds is 3. The highest BCUT2D eigenvalue weighted by atomic mass is 28.3. The van der Waals surface area contributed by atoms with Gasteiger partial charge in [0.05, 0.1) is 0 Å². The van der Waals surface area contributed by atoms with Crippen LogP contribution in [0.25, 0.3) is 0 Å². The van der Waals surface area contributed by atoms with Crippen LogP contribution in [0.4, 0.5) is 0 Å². The van der Waals surface area contributed by atoms with Gasteiger partial charge in [-0.05, 0) is 5.04 Å². The number of hydrogen-bond acceptors (Lipinski definition) is 3. The monoisotopic (exact) mass is 328 g/mol. The number of aromatic nitrogens is 6. The molecular formula is C16H24N6Si. The molecule has 23 heavy (non-hydrogen) atoms. The molecule has 0 bridgehead atoms. The van der Waals surface area contributed by atoms with Crippen molar-refractivity contribution in [2.24, 2.45) is 21.1 Å². The molecule has 0 amide bonds. The van der Waals surface area contributed by atoms with Crippen molar-refractivity contribution in [1.29, 1.82) is 0 Å². The van der Waals surface area contributed by atoms with E-state index >= 15 is 0 Å². The second-order valence-electron chi connectivity index (χ2n) is 7.09. The fraction of sp³-hybridized carbons (Fsp3) is 0.438. The summed E-state index contributed by atoms with van der Waals surface area (Å²) in [4.78, 5) is 14.3. The first-order valence-corrected chi connectivity index (χ1v) is 9.73. The average molecular weight is 328 g/mol. The van der Waals surface area contributed by atoms with E-state index in [0.717, 1.165) is 16.3 Å². The standard InChI is InChI=1S/C16H24N6Si/c1-16(2,3)23(13-17-7-10-20(13)4,14-18-8-11-21(14)5)15-19-9-12-22(15)6/h7-12H,1-6H3. The summed E-state index contributed by atoms with van der Waals surface area (Å²) in [5.41, 5.74) is 3.23. The molecule has 0 saturated heterocycles. The third kappa shape index (κ3) is 2.10. The van der Waals surface area contributed by atoms with Crippen LogP contribution in [0.3, 0.4) is 0 Å². The molecule has 3 rings (SSSR count). The molecule has 3 aromatic heterocycles. The molecule has 0 saturated carbocycles. The van der Waals surface area contributed by atoms with Crippen LogP contribution in [0.15, 0.2) is 37.2 Å². The molecule has 0 aliphatic rings. The average Bonchev–Trinajstić information content (AvgIpc) is 3.15. The highest BCUT2D eigenvalue weighted by molar-refractivity contribution is 7.11. The SMILES string of the molecule is Cn1ccnc1[Si](c1nccn1C)(c1nccn1C)C(C)(C)C. The Balaban J connectivity index is 2.49. The molecule has 0 atom stereocenters. The summed E-state index contributed by atoms with van der Waals surface area (Å²) < 4.78 is 6.38. The van der Waals surface area contributed by atoms with E-state index in [-0.39, 0.29) is 5.04 Å². The first-order valence-electron chi connectivity index (χ1n) is 7.73. The highest BCUT2D eigenvalue weighted by Crippen LogP contribution is 2.34. The Morgan fingerprint density at radius 2 is 1.00 bits per heavy atom. The van der Waals surface area contributed by atoms with Crippen LogP contribution in [-0.4, -0.2) is 36.7 Å². The Bertz CT molecular complexity index is 721. The van der Waals surface area contributed by atoms with Crippen molar-refractivity contribution in [3.8, 4) is 0 Å². The second-order valence-corrected chi connectivity index (χ2v) is 11.4. The normalized spacial score (nSPS) is 12.8. The van der Waals surface area contributed by atoms with Crippen molar-refractivity contribution in [2.45, 2.75) is 25.8 Å². The topological polar surface area (TPSA) is 53.5 Å². The van der Waals surface area contributed by atoms with Crippen molar-refractivity contribution in [3.63, 3.8) is 0 Å². The van der Waals surface area contributed by atoms with Crippen LogP contribution < -0.4 is 16.3 Å². The quantitative estimate of drug-likeness (QED) is 0.644. The van der Waals surface area contributed by atoms with Crippen LogP contribution in [0.5, 0.6) is 0 Å². The fourth-order valence-corrected chi connectivity index (χ4v) is 8.71. The summed E-state index contributed by atoms with van der Waals surface area (Å²) in [6, 6.07) is 0. The van der Waals surface area contributed by atoms with Gasteiger partial charge in [0.2, 0.25) is 0 Å². The molecule has 6 nitrogen and oxygen atoms in total. The summed E-state index contributed by atoms with van der Waals surface area (Å²) >= 11 is 0. The van der Waals surface area contributed by atoms with Crippen molar-refractivity contribution < 1.29 is 0 Å². The summed E-state index contributed by atoms with van der Waals surface area (Å²) in [7, 11) is 3.62. The molecule has 7 heteroatoms. The zero-order valence-corrected chi connectivity index (χ0v) is 15.6. The fourth-order valence-electron chi connectivity index (χ4n) is 3.49. The molecule has 0 aromatic carbocycles. The minimum absolute atomic E-state index is 0.0513. The maximum atomic E-state index is 4.77. The zero-order valence-electron chi connectivity index (χ0n) is 14.6. The van der Waals surface area contributed by atoms with Gasteiger partial charge in [-0.25, -0.2) is 15.0 Å². The number of aryl methyl sites for hydroxylation is 3. The predicted octanol–water partition coefficient (Wildman–Crippen LogP) is 0.157. The lowest BCUT2D eigenvalue weighted by atomic mass is 10.2. The molecule has 0 fully saturated rings. The van der Waals surface area contributed by atoms with E-state index in [0.29, 0.717) is 0 Å². The maximum absolute atomic E-state index is 4.77. The molecule has 3 aromatic rings. The van der Waals surface area contributed by atoms with E-state index in [2.05, 4.69) is 55.6 Å². The van der Waals surface area contributed by atoms with Crippen LogP contribution in [0.1, 0.15) is 20.8 Å². The summed E-state index contributed by atoms with van der Waals surface area (Å²) in [6.45, 7) is 6.83. The van der Waals surface area contributed by atoms with Gasteiger partial charge in [0, 0.05) is 58.3 Å². The van der Waals surface area contributed by atoms with E-state index in [1.165, 1.54) is 0 Å². The zero-order chi connectivity index (χ0) is 16.8. The number of imidazole rings is 3. The van der Waals surface area contributed by atoms with E-state index in [1.807, 2.05) is 37.2 Å². The lowest BCUT2D eigenvalue weighted by Crippen LogP contribution is -2.78. The van der Waals surface area contributed by atoms with Gasteiger partial charge in [0.25, 0.3) is 8.07 Å². The van der Waals surface area contributed by atoms with Gasteiger partial charge in [0.15, 0.2) is 0 Å². The Morgan fingerprint density at radius 1 is 0.696 bits per heavy atom. The molecule has 0 unspecified atom stereocenters. The van der Waals surface area contributed by atoms with Crippen molar-refractivity contribution >= 4 is 24.4 Å². The van der Waals surface area contributed by atoms with Crippen LogP contribution in [0.2, 0.25) is 5.04 Å². The van der Waals surface area contributed by atoms with Gasteiger partial charge in [-0.2, -0.15) is 0 Å². The Morgan fingerprint density at radius 3 is 1.17 bits per heavy atom. The van der Waals surface area contributed by atoms with Crippen LogP contribution >= 0.6 is 0 Å². The Hall–Kier alpha value is -2.15. The Kier molecular flexibility index (Phi) is 3.55. The first kappa shape index (κ1) is 15.7. The summed E-state index contributed by atoms with van der Waals surface area (Å²) in [5.74, 6) is 0. The molecular weight excluding hydrogens is 304 g/mol. The lowest BCUT2D eigenvalue weighted by molar-refractivity contribution is 0.719. The molecule has 0 spiro atoms. The largest absolute Gasteiger partial charge is 0.341 e. The third-order valence-electron chi connectivity index (χ3n) is 4.59. The van der Waals surface area contributed by atoms with Gasteiger partial charge in [-0.15, -0.1) is 0 Å². The first-order chi connectivity index (χ1) is 10.8. The lowest BCUT2D eigenvalue weighted by Gasteiger charge is -2.40. The number of hydrogen-bond donors (Lipinski definition) is 0. The van der Waals surface area contributed by atoms with Crippen molar-refractivity contribution in [3.05, 3.63) is 37.2 Å². The van der Waals surface area contributed by atoms with E-state index in [4.69, 9.17) is 15.0 Å².